The van der Waals surface area contributed by atoms with E-state index in [1.165, 1.54) is 62.3 Å². The zero-order valence-corrected chi connectivity index (χ0v) is 20.2. The smallest absolute Gasteiger partial charge is 0.0791 e. The number of hydrogen-bond donors (Lipinski definition) is 2. The van der Waals surface area contributed by atoms with E-state index >= 15 is 0 Å². The van der Waals surface area contributed by atoms with Gasteiger partial charge in [-0.3, -0.25) is 4.90 Å². The molecule has 0 unspecified atom stereocenters. The maximum atomic E-state index is 10.7. The molecule has 0 amide bonds. The number of aromatic nitrogens is 1. The normalized spacial score (nSPS) is 23.1. The summed E-state index contributed by atoms with van der Waals surface area (Å²) in [5, 5.41) is 15.7. The fourth-order valence-electron chi connectivity index (χ4n) is 6.51. The Morgan fingerprint density at radius 2 is 1.94 bits per heavy atom. The van der Waals surface area contributed by atoms with Crippen molar-refractivity contribution in [3.8, 4) is 0 Å². The van der Waals surface area contributed by atoms with Gasteiger partial charge in [0, 0.05) is 55.9 Å². The van der Waals surface area contributed by atoms with Crippen LogP contribution >= 0.6 is 0 Å². The summed E-state index contributed by atoms with van der Waals surface area (Å²) >= 11 is 0. The summed E-state index contributed by atoms with van der Waals surface area (Å²) in [5.41, 5.74) is 6.20. The number of rotatable bonds is 8. The number of aliphatic hydroxyl groups excluding tert-OH is 1. The van der Waals surface area contributed by atoms with Crippen LogP contribution in [0.3, 0.4) is 0 Å². The molecule has 0 bridgehead atoms. The van der Waals surface area contributed by atoms with Gasteiger partial charge in [-0.2, -0.15) is 0 Å². The van der Waals surface area contributed by atoms with Crippen molar-refractivity contribution in [1.82, 2.24) is 19.7 Å². The Kier molecular flexibility index (Phi) is 6.89. The van der Waals surface area contributed by atoms with Crippen molar-refractivity contribution in [3.05, 3.63) is 35.0 Å². The molecule has 1 aromatic carbocycles. The number of likely N-dealkylation sites (N-methyl/N-ethyl adjacent to an activating group) is 1. The average molecular weight is 439 g/mol. The van der Waals surface area contributed by atoms with E-state index < -0.39 is 0 Å². The number of aryl methyl sites for hydroxylation is 1. The summed E-state index contributed by atoms with van der Waals surface area (Å²) in [6.07, 6.45) is 10.3. The summed E-state index contributed by atoms with van der Waals surface area (Å²) in [5.74, 6) is 0.767. The van der Waals surface area contributed by atoms with Gasteiger partial charge in [0.1, 0.15) is 0 Å². The molecule has 3 aliphatic rings. The zero-order chi connectivity index (χ0) is 22.1. The van der Waals surface area contributed by atoms with E-state index in [4.69, 9.17) is 0 Å². The van der Waals surface area contributed by atoms with Gasteiger partial charge in [-0.05, 0) is 75.4 Å². The van der Waals surface area contributed by atoms with Gasteiger partial charge in [-0.1, -0.05) is 25.3 Å². The number of fused-ring (bicyclic) bond motifs is 3. The lowest BCUT2D eigenvalue weighted by Crippen LogP contribution is -2.46. The molecule has 2 aliphatic carbocycles. The molecule has 5 heteroatoms. The van der Waals surface area contributed by atoms with Gasteiger partial charge < -0.3 is 19.9 Å². The van der Waals surface area contributed by atoms with Crippen LogP contribution in [-0.4, -0.2) is 72.4 Å². The van der Waals surface area contributed by atoms with Crippen molar-refractivity contribution in [3.63, 3.8) is 0 Å². The van der Waals surface area contributed by atoms with Crippen LogP contribution < -0.4 is 5.32 Å². The number of hydrogen-bond acceptors (Lipinski definition) is 4. The maximum Gasteiger partial charge on any atom is 0.0791 e. The van der Waals surface area contributed by atoms with Gasteiger partial charge in [0.2, 0.25) is 0 Å². The Morgan fingerprint density at radius 3 is 2.75 bits per heavy atom. The Balaban J connectivity index is 1.34. The summed E-state index contributed by atoms with van der Waals surface area (Å²) in [6.45, 7) is 5.47. The first-order valence-corrected chi connectivity index (χ1v) is 13.0. The van der Waals surface area contributed by atoms with Crippen molar-refractivity contribution in [2.45, 2.75) is 76.0 Å². The van der Waals surface area contributed by atoms with Crippen molar-refractivity contribution in [2.75, 3.05) is 46.8 Å². The molecule has 2 N–H and O–H groups in total. The lowest BCUT2D eigenvalue weighted by molar-refractivity contribution is 0.0640. The minimum atomic E-state index is -0.309. The molecule has 0 radical (unpaired) electrons. The van der Waals surface area contributed by atoms with E-state index in [2.05, 4.69) is 52.0 Å². The second kappa shape index (κ2) is 9.84. The third kappa shape index (κ3) is 4.50. The van der Waals surface area contributed by atoms with Crippen LogP contribution in [0.15, 0.2) is 18.2 Å². The van der Waals surface area contributed by atoms with Crippen LogP contribution in [0, 0.1) is 0 Å². The number of aliphatic hydroxyl groups is 1. The van der Waals surface area contributed by atoms with E-state index in [0.29, 0.717) is 12.6 Å². The van der Waals surface area contributed by atoms with Crippen LogP contribution in [-0.2, 0) is 13.0 Å². The van der Waals surface area contributed by atoms with Gasteiger partial charge in [-0.25, -0.2) is 0 Å². The fourth-order valence-corrected chi connectivity index (χ4v) is 6.51. The molecule has 32 heavy (non-hydrogen) atoms. The van der Waals surface area contributed by atoms with Crippen molar-refractivity contribution < 1.29 is 5.11 Å². The van der Waals surface area contributed by atoms with Gasteiger partial charge in [0.15, 0.2) is 0 Å². The van der Waals surface area contributed by atoms with E-state index in [0.717, 1.165) is 38.6 Å². The van der Waals surface area contributed by atoms with E-state index in [1.54, 1.807) is 16.8 Å². The minimum absolute atomic E-state index is 0.309. The lowest BCUT2D eigenvalue weighted by atomic mass is 9.83. The highest BCUT2D eigenvalue weighted by Gasteiger charge is 2.35. The van der Waals surface area contributed by atoms with Crippen LogP contribution in [0.2, 0.25) is 0 Å². The Hall–Kier alpha value is -1.40. The molecule has 5 nitrogen and oxygen atoms in total. The first-order valence-electron chi connectivity index (χ1n) is 13.0. The van der Waals surface area contributed by atoms with Gasteiger partial charge >= 0.3 is 0 Å². The molecule has 5 rings (SSSR count). The van der Waals surface area contributed by atoms with Gasteiger partial charge in [0.25, 0.3) is 0 Å². The van der Waals surface area contributed by atoms with E-state index in [1.807, 2.05) is 0 Å². The molecule has 2 atom stereocenters. The van der Waals surface area contributed by atoms with Crippen LogP contribution in [0.4, 0.5) is 0 Å². The van der Waals surface area contributed by atoms with Crippen LogP contribution in [0.5, 0.6) is 0 Å². The van der Waals surface area contributed by atoms with Crippen molar-refractivity contribution in [1.29, 1.82) is 0 Å². The lowest BCUT2D eigenvalue weighted by Gasteiger charge is -2.40. The Labute approximate surface area is 193 Å². The van der Waals surface area contributed by atoms with Gasteiger partial charge in [0.05, 0.1) is 12.1 Å². The molecule has 0 spiro atoms. The fraction of sp³-hybridized carbons (Fsp3) is 0.704. The molecule has 176 valence electrons. The van der Waals surface area contributed by atoms with E-state index in [-0.39, 0.29) is 6.10 Å². The zero-order valence-electron chi connectivity index (χ0n) is 20.2. The third-order valence-corrected chi connectivity index (χ3v) is 8.15. The maximum absolute atomic E-state index is 10.7. The number of nitrogens with one attached hydrogen (secondary N) is 1. The average Bonchev–Trinajstić information content (AvgIpc) is 3.13. The molecule has 1 aromatic heterocycles. The molecular weight excluding hydrogens is 396 g/mol. The summed E-state index contributed by atoms with van der Waals surface area (Å²) < 4.78 is 2.62. The SMILES string of the molecule is CN(C)CCNC[C@@H](O)CN1CCn2c3c(c4cc(C5CCCCC5)ccc42)CCC[C@@H]31. The second-order valence-corrected chi connectivity index (χ2v) is 10.7. The topological polar surface area (TPSA) is 43.7 Å². The number of β-amino-alcohol motifs (C(OH)–C–C–N with tert-alkyl or cyclic N) is 1. The highest BCUT2D eigenvalue weighted by atomic mass is 16.3. The number of nitrogens with zero attached hydrogens (tertiary/aromatic N) is 3. The third-order valence-electron chi connectivity index (χ3n) is 8.15. The Bertz CT molecular complexity index is 914. The standard InChI is InChI=1S/C27H42N4O/c1-29(2)14-13-28-18-22(32)19-30-15-16-31-25-12-11-21(20-7-4-3-5-8-20)17-24(25)23-9-6-10-26(30)27(23)31/h11-12,17,20,22,26,28,32H,3-10,13-16,18-19H2,1-2H3/t22-,26+/m1/s1. The second-order valence-electron chi connectivity index (χ2n) is 10.7. The highest BCUT2D eigenvalue weighted by Crippen LogP contribution is 2.44. The molecular formula is C27H42N4O. The predicted molar refractivity (Wildman–Crippen MR) is 132 cm³/mol. The molecule has 1 saturated carbocycles. The quantitative estimate of drug-likeness (QED) is 0.614. The number of benzene rings is 1. The summed E-state index contributed by atoms with van der Waals surface area (Å²) in [7, 11) is 4.17. The van der Waals surface area contributed by atoms with Crippen LogP contribution in [0.1, 0.15) is 73.7 Å². The summed E-state index contributed by atoms with van der Waals surface area (Å²) in [6, 6.07) is 7.88. The predicted octanol–water partition coefficient (Wildman–Crippen LogP) is 3.89. The molecule has 1 fully saturated rings. The van der Waals surface area contributed by atoms with Crippen molar-refractivity contribution in [2.24, 2.45) is 0 Å². The van der Waals surface area contributed by atoms with Crippen LogP contribution in [0.25, 0.3) is 10.9 Å². The largest absolute Gasteiger partial charge is 0.390 e. The van der Waals surface area contributed by atoms with Crippen molar-refractivity contribution >= 4 is 10.9 Å². The monoisotopic (exact) mass is 438 g/mol. The first kappa shape index (κ1) is 22.4. The van der Waals surface area contributed by atoms with E-state index in [9.17, 15) is 5.11 Å². The first-order chi connectivity index (χ1) is 15.6. The summed E-state index contributed by atoms with van der Waals surface area (Å²) in [4.78, 5) is 4.74. The molecule has 2 heterocycles. The molecule has 2 aromatic rings. The molecule has 0 saturated heterocycles. The minimum Gasteiger partial charge on any atom is -0.390 e. The highest BCUT2D eigenvalue weighted by molar-refractivity contribution is 5.87. The molecule has 1 aliphatic heterocycles. The van der Waals surface area contributed by atoms with Gasteiger partial charge in [-0.15, -0.1) is 0 Å². The Morgan fingerprint density at radius 1 is 1.09 bits per heavy atom.